The number of hydrogen-bond donors (Lipinski definition) is 0. The van der Waals surface area contributed by atoms with E-state index in [1.54, 1.807) is 24.3 Å². The summed E-state index contributed by atoms with van der Waals surface area (Å²) in [4.78, 5) is 13.4. The number of aryl methyl sites for hydroxylation is 2. The van der Waals surface area contributed by atoms with Gasteiger partial charge >= 0.3 is 0 Å². The van der Waals surface area contributed by atoms with Crippen LogP contribution < -0.4 is 4.90 Å². The molecular formula is C29H32FN3S. The lowest BCUT2D eigenvalue weighted by Gasteiger charge is -2.28. The molecule has 0 amide bonds. The average Bonchev–Trinajstić information content (AvgIpc) is 3.05. The summed E-state index contributed by atoms with van der Waals surface area (Å²) in [5.41, 5.74) is 8.20. The molecule has 34 heavy (non-hydrogen) atoms. The number of benzene rings is 2. The van der Waals surface area contributed by atoms with Crippen LogP contribution in [0.5, 0.6) is 0 Å². The number of anilines is 1. The van der Waals surface area contributed by atoms with Crippen molar-refractivity contribution in [3.05, 3.63) is 87.2 Å². The molecule has 176 valence electrons. The summed E-state index contributed by atoms with van der Waals surface area (Å²) in [6, 6.07) is 13.8. The van der Waals surface area contributed by atoms with E-state index in [-0.39, 0.29) is 11.9 Å². The molecule has 0 fully saturated rings. The maximum atomic E-state index is 14.1. The Morgan fingerprint density at radius 3 is 2.32 bits per heavy atom. The maximum Gasteiger partial charge on any atom is 0.126 e. The van der Waals surface area contributed by atoms with Crippen LogP contribution >= 0.6 is 11.3 Å². The van der Waals surface area contributed by atoms with E-state index in [0.717, 1.165) is 40.4 Å². The van der Waals surface area contributed by atoms with E-state index in [2.05, 4.69) is 74.9 Å². The first kappa shape index (κ1) is 24.1. The summed E-state index contributed by atoms with van der Waals surface area (Å²) in [6.07, 6.45) is 3.06. The van der Waals surface area contributed by atoms with E-state index >= 15 is 0 Å². The Labute approximate surface area is 206 Å². The van der Waals surface area contributed by atoms with Crippen molar-refractivity contribution >= 4 is 27.9 Å². The van der Waals surface area contributed by atoms with Crippen LogP contribution in [0.4, 0.5) is 9.39 Å². The summed E-state index contributed by atoms with van der Waals surface area (Å²) in [5, 5.41) is 1.17. The van der Waals surface area contributed by atoms with Gasteiger partial charge in [0, 0.05) is 28.7 Å². The number of thiophene rings is 1. The second-order valence-electron chi connectivity index (χ2n) is 8.73. The van der Waals surface area contributed by atoms with Crippen molar-refractivity contribution in [1.29, 1.82) is 0 Å². The van der Waals surface area contributed by atoms with Gasteiger partial charge in [-0.2, -0.15) is 0 Å². The Balaban J connectivity index is 1.89. The van der Waals surface area contributed by atoms with Gasteiger partial charge in [-0.05, 0) is 69.4 Å². The fourth-order valence-electron chi connectivity index (χ4n) is 4.47. The Bertz CT molecular complexity index is 1310. The largest absolute Gasteiger partial charge is 0.291 e. The first-order valence-electron chi connectivity index (χ1n) is 11.8. The van der Waals surface area contributed by atoms with E-state index in [4.69, 9.17) is 4.99 Å². The van der Waals surface area contributed by atoms with Crippen LogP contribution in [0.1, 0.15) is 54.3 Å². The SMILES string of the molecule is C/C=C1/C(CC)N=C(c2ccc(-c3ccc(C)c(F)c3)cc2)c2c(sc(C)c2C)N1C(C)=NC. The molecule has 5 heteroatoms. The van der Waals surface area contributed by atoms with Crippen LogP contribution in [0.15, 0.2) is 64.2 Å². The zero-order chi connectivity index (χ0) is 24.6. The highest BCUT2D eigenvalue weighted by atomic mass is 32.1. The summed E-state index contributed by atoms with van der Waals surface area (Å²) in [5.74, 6) is 0.781. The van der Waals surface area contributed by atoms with Gasteiger partial charge in [-0.25, -0.2) is 4.39 Å². The maximum absolute atomic E-state index is 14.1. The highest BCUT2D eigenvalue weighted by Gasteiger charge is 2.32. The molecule has 0 bridgehead atoms. The fourth-order valence-corrected chi connectivity index (χ4v) is 5.69. The molecule has 0 spiro atoms. The molecule has 2 aromatic carbocycles. The first-order valence-corrected chi connectivity index (χ1v) is 12.6. The van der Waals surface area contributed by atoms with Gasteiger partial charge in [-0.3, -0.25) is 14.9 Å². The predicted octanol–water partition coefficient (Wildman–Crippen LogP) is 7.87. The van der Waals surface area contributed by atoms with Gasteiger partial charge in [0.1, 0.15) is 16.7 Å². The monoisotopic (exact) mass is 473 g/mol. The number of aliphatic imine (C=N–C) groups is 2. The molecule has 4 rings (SSSR count). The van der Waals surface area contributed by atoms with Crippen LogP contribution in [0, 0.1) is 26.6 Å². The molecule has 0 saturated heterocycles. The lowest BCUT2D eigenvalue weighted by atomic mass is 9.96. The van der Waals surface area contributed by atoms with Crippen molar-refractivity contribution in [2.75, 3.05) is 11.9 Å². The first-order chi connectivity index (χ1) is 16.3. The zero-order valence-electron chi connectivity index (χ0n) is 21.0. The highest BCUT2D eigenvalue weighted by Crippen LogP contribution is 2.42. The highest BCUT2D eigenvalue weighted by molar-refractivity contribution is 7.17. The second-order valence-corrected chi connectivity index (χ2v) is 9.93. The molecule has 0 aliphatic carbocycles. The number of allylic oxidation sites excluding steroid dienone is 1. The van der Waals surface area contributed by atoms with Crippen molar-refractivity contribution in [3.63, 3.8) is 0 Å². The molecule has 1 atom stereocenters. The number of rotatable bonds is 3. The quantitative estimate of drug-likeness (QED) is 0.281. The van der Waals surface area contributed by atoms with Gasteiger partial charge in [-0.15, -0.1) is 11.3 Å². The van der Waals surface area contributed by atoms with Gasteiger partial charge < -0.3 is 0 Å². The van der Waals surface area contributed by atoms with E-state index < -0.39 is 0 Å². The Morgan fingerprint density at radius 1 is 1.09 bits per heavy atom. The Morgan fingerprint density at radius 2 is 1.74 bits per heavy atom. The standard InChI is InChI=1S/C29H32FN3S/c1-8-25-26(9-2)33(20(6)31-7)29-27(18(4)19(5)34-29)28(32-25)22-14-12-21(13-15-22)23-11-10-17(3)24(30)16-23/h9-16,25H,8H2,1-7H3/b26-9-,31-20?. The minimum Gasteiger partial charge on any atom is -0.291 e. The molecule has 2 heterocycles. The van der Waals surface area contributed by atoms with E-state index in [9.17, 15) is 4.39 Å². The molecule has 3 nitrogen and oxygen atoms in total. The van der Waals surface area contributed by atoms with Gasteiger partial charge in [0.15, 0.2) is 0 Å². The summed E-state index contributed by atoms with van der Waals surface area (Å²) in [7, 11) is 1.84. The van der Waals surface area contributed by atoms with Crippen LogP contribution in [-0.4, -0.2) is 24.6 Å². The lowest BCUT2D eigenvalue weighted by molar-refractivity contribution is 0.619. The Kier molecular flexibility index (Phi) is 6.85. The van der Waals surface area contributed by atoms with Crippen molar-refractivity contribution in [1.82, 2.24) is 0 Å². The van der Waals surface area contributed by atoms with Crippen LogP contribution in [0.25, 0.3) is 11.1 Å². The van der Waals surface area contributed by atoms with Crippen molar-refractivity contribution in [2.24, 2.45) is 9.98 Å². The minimum absolute atomic E-state index is 0.0295. The number of fused-ring (bicyclic) bond motifs is 1. The number of amidine groups is 1. The number of nitrogens with zero attached hydrogens (tertiary/aromatic N) is 3. The zero-order valence-corrected chi connectivity index (χ0v) is 21.8. The molecule has 1 aromatic heterocycles. The molecule has 0 radical (unpaired) electrons. The molecule has 1 aliphatic heterocycles. The summed E-state index contributed by atoms with van der Waals surface area (Å²) < 4.78 is 14.1. The molecule has 1 unspecified atom stereocenters. The van der Waals surface area contributed by atoms with E-state index in [1.165, 1.54) is 21.0 Å². The lowest BCUT2D eigenvalue weighted by Crippen LogP contribution is -2.32. The van der Waals surface area contributed by atoms with Crippen LogP contribution in [-0.2, 0) is 0 Å². The van der Waals surface area contributed by atoms with E-state index in [0.29, 0.717) is 5.56 Å². The van der Waals surface area contributed by atoms with Gasteiger partial charge in [0.2, 0.25) is 0 Å². The Hall–Kier alpha value is -3.05. The van der Waals surface area contributed by atoms with Gasteiger partial charge in [0.05, 0.1) is 11.8 Å². The topological polar surface area (TPSA) is 28.0 Å². The minimum atomic E-state index is -0.179. The van der Waals surface area contributed by atoms with Gasteiger partial charge in [-0.1, -0.05) is 49.4 Å². The molecule has 0 saturated carbocycles. The fraction of sp³-hybridized carbons (Fsp3) is 0.310. The number of halogens is 1. The van der Waals surface area contributed by atoms with Crippen molar-refractivity contribution in [2.45, 2.75) is 54.0 Å². The molecule has 1 aliphatic rings. The van der Waals surface area contributed by atoms with Gasteiger partial charge in [0.25, 0.3) is 0 Å². The third kappa shape index (κ3) is 4.14. The smallest absolute Gasteiger partial charge is 0.126 e. The third-order valence-electron chi connectivity index (χ3n) is 6.68. The van der Waals surface area contributed by atoms with Crippen molar-refractivity contribution in [3.8, 4) is 11.1 Å². The van der Waals surface area contributed by atoms with Crippen LogP contribution in [0.3, 0.4) is 0 Å². The van der Waals surface area contributed by atoms with Crippen molar-refractivity contribution < 1.29 is 4.39 Å². The predicted molar refractivity (Wildman–Crippen MR) is 145 cm³/mol. The second kappa shape index (κ2) is 9.67. The molecular weight excluding hydrogens is 441 g/mol. The van der Waals surface area contributed by atoms with E-state index in [1.807, 2.05) is 19.2 Å². The molecule has 3 aromatic rings. The number of hydrogen-bond acceptors (Lipinski definition) is 3. The van der Waals surface area contributed by atoms with Crippen LogP contribution in [0.2, 0.25) is 0 Å². The summed E-state index contributed by atoms with van der Waals surface area (Å²) in [6.45, 7) is 12.5. The molecule has 0 N–H and O–H groups in total. The average molecular weight is 474 g/mol. The normalized spacial score (nSPS) is 17.6. The third-order valence-corrected chi connectivity index (χ3v) is 7.88. The summed E-state index contributed by atoms with van der Waals surface area (Å²) >= 11 is 1.80.